The molecule has 1 fully saturated rings. The van der Waals surface area contributed by atoms with E-state index in [9.17, 15) is 19.6 Å². The molecule has 1 aromatic heterocycles. The van der Waals surface area contributed by atoms with Crippen molar-refractivity contribution in [3.05, 3.63) is 12.0 Å². The van der Waals surface area contributed by atoms with Gasteiger partial charge in [-0.3, -0.25) is 9.09 Å². The van der Waals surface area contributed by atoms with E-state index >= 15 is 0 Å². The van der Waals surface area contributed by atoms with E-state index < -0.39 is 50.6 Å². The topological polar surface area (TPSA) is 198 Å². The lowest BCUT2D eigenvalue weighted by atomic mass is 10.1. The fourth-order valence-corrected chi connectivity index (χ4v) is 2.35. The van der Waals surface area contributed by atoms with Crippen molar-refractivity contribution in [3.8, 4) is 0 Å². The molecular formula is C9H14N3O9P. The number of hydrogen-bond acceptors (Lipinski definition) is 8. The van der Waals surface area contributed by atoms with Gasteiger partial charge in [0.05, 0.1) is 12.9 Å². The van der Waals surface area contributed by atoms with Gasteiger partial charge in [0.1, 0.15) is 24.1 Å². The number of hydrogen-bond donors (Lipinski definition) is 6. The lowest BCUT2D eigenvalue weighted by Gasteiger charge is -2.17. The normalized spacial score (nSPS) is 28.9. The number of carboxylic acids is 1. The predicted octanol–water partition coefficient (Wildman–Crippen LogP) is -2.11. The largest absolute Gasteiger partial charge is 0.476 e. The van der Waals surface area contributed by atoms with Crippen molar-refractivity contribution in [2.45, 2.75) is 24.5 Å². The van der Waals surface area contributed by atoms with Gasteiger partial charge in [0.2, 0.25) is 0 Å². The molecular weight excluding hydrogens is 325 g/mol. The Kier molecular flexibility index (Phi) is 4.54. The van der Waals surface area contributed by atoms with E-state index in [4.69, 9.17) is 25.4 Å². The summed E-state index contributed by atoms with van der Waals surface area (Å²) in [6.45, 7) is -0.681. The van der Waals surface area contributed by atoms with Crippen LogP contribution in [0, 0.1) is 0 Å². The molecule has 2 rings (SSSR count). The predicted molar refractivity (Wildman–Crippen MR) is 67.5 cm³/mol. The molecule has 0 aromatic carbocycles. The van der Waals surface area contributed by atoms with Crippen molar-refractivity contribution < 1.29 is 43.7 Å². The van der Waals surface area contributed by atoms with Gasteiger partial charge in [0.25, 0.3) is 0 Å². The van der Waals surface area contributed by atoms with E-state index in [1.165, 1.54) is 0 Å². The molecule has 4 atom stereocenters. The summed E-state index contributed by atoms with van der Waals surface area (Å²) in [4.78, 5) is 31.6. The van der Waals surface area contributed by atoms with Crippen molar-refractivity contribution in [2.24, 2.45) is 0 Å². The Morgan fingerprint density at radius 2 is 2.09 bits per heavy atom. The number of nitrogens with two attached hydrogens (primary N) is 1. The van der Waals surface area contributed by atoms with Gasteiger partial charge in [-0.25, -0.2) is 14.3 Å². The van der Waals surface area contributed by atoms with Crippen LogP contribution in [0.1, 0.15) is 16.7 Å². The first-order chi connectivity index (χ1) is 10.1. The molecule has 7 N–H and O–H groups in total. The number of phosphoric ester groups is 1. The lowest BCUT2D eigenvalue weighted by Crippen LogP contribution is -2.33. The smallest absolute Gasteiger partial charge is 0.469 e. The fourth-order valence-electron chi connectivity index (χ4n) is 2.01. The number of carboxylic acid groups (broad SMARTS) is 1. The van der Waals surface area contributed by atoms with Crippen LogP contribution in [0.5, 0.6) is 0 Å². The van der Waals surface area contributed by atoms with Crippen LogP contribution in [-0.4, -0.2) is 65.5 Å². The molecule has 0 radical (unpaired) electrons. The van der Waals surface area contributed by atoms with Crippen LogP contribution < -0.4 is 5.73 Å². The SMILES string of the molecule is Nc1c(C(=O)O)ncn1C1O[C@H](COP(=O)(O)O)C(O)C1O. The minimum atomic E-state index is -4.77. The highest BCUT2D eigenvalue weighted by Crippen LogP contribution is 2.38. The van der Waals surface area contributed by atoms with Crippen LogP contribution in [0.4, 0.5) is 5.82 Å². The molecule has 1 aromatic rings. The number of anilines is 1. The molecule has 12 nitrogen and oxygen atoms in total. The Bertz CT molecular complexity index is 613. The zero-order chi connectivity index (χ0) is 16.7. The second kappa shape index (κ2) is 5.93. The van der Waals surface area contributed by atoms with Gasteiger partial charge in [0.15, 0.2) is 11.9 Å². The Balaban J connectivity index is 2.16. The zero-order valence-corrected chi connectivity index (χ0v) is 11.8. The quantitative estimate of drug-likeness (QED) is 0.321. The molecule has 1 aliphatic rings. The monoisotopic (exact) mass is 339 g/mol. The summed E-state index contributed by atoms with van der Waals surface area (Å²) >= 11 is 0. The summed E-state index contributed by atoms with van der Waals surface area (Å²) in [5.74, 6) is -1.69. The highest BCUT2D eigenvalue weighted by molar-refractivity contribution is 7.46. The molecule has 0 saturated carbocycles. The van der Waals surface area contributed by atoms with E-state index in [1.807, 2.05) is 0 Å². The van der Waals surface area contributed by atoms with Crippen LogP contribution >= 0.6 is 7.82 Å². The number of aromatic carboxylic acids is 1. The van der Waals surface area contributed by atoms with Crippen LogP contribution in [0.25, 0.3) is 0 Å². The number of imidazole rings is 1. The second-order valence-corrected chi connectivity index (χ2v) is 5.76. The Morgan fingerprint density at radius 3 is 2.59 bits per heavy atom. The minimum absolute atomic E-state index is 0.305. The van der Waals surface area contributed by atoms with Crippen molar-refractivity contribution in [1.82, 2.24) is 9.55 Å². The van der Waals surface area contributed by atoms with Crippen LogP contribution in [0.2, 0.25) is 0 Å². The van der Waals surface area contributed by atoms with Crippen LogP contribution in [0.15, 0.2) is 6.33 Å². The third kappa shape index (κ3) is 3.28. The maximum absolute atomic E-state index is 10.9. The molecule has 0 amide bonds. The van der Waals surface area contributed by atoms with Gasteiger partial charge in [-0.05, 0) is 0 Å². The maximum atomic E-state index is 10.9. The van der Waals surface area contributed by atoms with E-state index in [-0.39, 0.29) is 5.82 Å². The van der Waals surface area contributed by atoms with Gasteiger partial charge >= 0.3 is 13.8 Å². The molecule has 0 spiro atoms. The Labute approximate surface area is 123 Å². The summed E-state index contributed by atoms with van der Waals surface area (Å²) in [7, 11) is -4.77. The highest BCUT2D eigenvalue weighted by atomic mass is 31.2. The van der Waals surface area contributed by atoms with Crippen LogP contribution in [0.3, 0.4) is 0 Å². The number of aliphatic hydroxyl groups excluding tert-OH is 2. The molecule has 2 heterocycles. The number of phosphoric acid groups is 1. The first kappa shape index (κ1) is 16.8. The average molecular weight is 339 g/mol. The first-order valence-corrected chi connectivity index (χ1v) is 7.42. The number of carbonyl (C=O) groups is 1. The number of aromatic nitrogens is 2. The number of nitrogen functional groups attached to an aromatic ring is 1. The van der Waals surface area contributed by atoms with Gasteiger partial charge in [-0.1, -0.05) is 0 Å². The molecule has 13 heteroatoms. The van der Waals surface area contributed by atoms with Gasteiger partial charge in [-0.2, -0.15) is 0 Å². The molecule has 0 bridgehead atoms. The highest BCUT2D eigenvalue weighted by Gasteiger charge is 2.45. The van der Waals surface area contributed by atoms with E-state index in [2.05, 4.69) is 9.51 Å². The number of aliphatic hydroxyl groups is 2. The summed E-state index contributed by atoms with van der Waals surface area (Å²) in [5.41, 5.74) is 5.11. The molecule has 1 aliphatic heterocycles. The summed E-state index contributed by atoms with van der Waals surface area (Å²) < 4.78 is 21.1. The number of nitrogens with zero attached hydrogens (tertiary/aromatic N) is 2. The Hall–Kier alpha value is -1.53. The molecule has 124 valence electrons. The number of ether oxygens (including phenoxy) is 1. The van der Waals surface area contributed by atoms with Gasteiger partial charge < -0.3 is 35.6 Å². The Morgan fingerprint density at radius 1 is 1.45 bits per heavy atom. The molecule has 0 aliphatic carbocycles. The maximum Gasteiger partial charge on any atom is 0.469 e. The van der Waals surface area contributed by atoms with Crippen molar-refractivity contribution in [2.75, 3.05) is 12.3 Å². The van der Waals surface area contributed by atoms with Crippen LogP contribution in [-0.2, 0) is 13.8 Å². The third-order valence-electron chi connectivity index (χ3n) is 3.05. The molecule has 1 saturated heterocycles. The van der Waals surface area contributed by atoms with E-state index in [0.717, 1.165) is 10.9 Å². The summed E-state index contributed by atoms with van der Waals surface area (Å²) in [5, 5.41) is 28.6. The van der Waals surface area contributed by atoms with Crippen molar-refractivity contribution in [1.29, 1.82) is 0 Å². The lowest BCUT2D eigenvalue weighted by molar-refractivity contribution is -0.0511. The minimum Gasteiger partial charge on any atom is -0.476 e. The van der Waals surface area contributed by atoms with Crippen molar-refractivity contribution in [3.63, 3.8) is 0 Å². The summed E-state index contributed by atoms with van der Waals surface area (Å²) in [6, 6.07) is 0. The van der Waals surface area contributed by atoms with E-state index in [1.54, 1.807) is 0 Å². The standard InChI is InChI=1S/C9H14N3O9P/c10-7-4(9(15)16)11-2-12(7)8-6(14)5(13)3(21-8)1-20-22(17,18)19/h2-3,5-6,8,13-14H,1,10H2,(H,15,16)(H2,17,18,19)/t3-,5?,6?,8?/m1/s1. The average Bonchev–Trinajstić information content (AvgIpc) is 2.90. The summed E-state index contributed by atoms with van der Waals surface area (Å²) in [6.07, 6.45) is -4.56. The molecule has 22 heavy (non-hydrogen) atoms. The zero-order valence-electron chi connectivity index (χ0n) is 10.9. The fraction of sp³-hybridized carbons (Fsp3) is 0.556. The third-order valence-corrected chi connectivity index (χ3v) is 3.54. The first-order valence-electron chi connectivity index (χ1n) is 5.89. The second-order valence-electron chi connectivity index (χ2n) is 4.52. The van der Waals surface area contributed by atoms with Gasteiger partial charge in [-0.15, -0.1) is 0 Å². The van der Waals surface area contributed by atoms with E-state index in [0.29, 0.717) is 0 Å². The van der Waals surface area contributed by atoms with Gasteiger partial charge in [0, 0.05) is 0 Å². The molecule has 3 unspecified atom stereocenters. The van der Waals surface area contributed by atoms with Crippen molar-refractivity contribution >= 4 is 19.6 Å². The number of rotatable bonds is 5.